The van der Waals surface area contributed by atoms with Gasteiger partial charge in [-0.3, -0.25) is 0 Å². The molecular formula is C25H37NO5. The van der Waals surface area contributed by atoms with E-state index in [0.717, 1.165) is 56.3 Å². The predicted octanol–water partition coefficient (Wildman–Crippen LogP) is 6.06. The molecule has 0 aromatic heterocycles. The van der Waals surface area contributed by atoms with Crippen LogP contribution >= 0.6 is 0 Å². The summed E-state index contributed by atoms with van der Waals surface area (Å²) < 4.78 is 6.38. The maximum absolute atomic E-state index is 11.5. The van der Waals surface area contributed by atoms with Crippen molar-refractivity contribution in [3.05, 3.63) is 51.1 Å². The number of unbranched alkanes of at least 4 members (excludes halogenated alkanes) is 4. The first-order valence-corrected chi connectivity index (χ1v) is 11.6. The molecule has 172 valence electrons. The summed E-state index contributed by atoms with van der Waals surface area (Å²) in [4.78, 5) is 14.5. The minimum absolute atomic E-state index is 0.0693. The van der Waals surface area contributed by atoms with Crippen molar-refractivity contribution in [3.8, 4) is 5.75 Å². The second kappa shape index (κ2) is 9.60. The van der Waals surface area contributed by atoms with Crippen LogP contribution < -0.4 is 4.74 Å². The summed E-state index contributed by atoms with van der Waals surface area (Å²) in [7, 11) is 0. The van der Waals surface area contributed by atoms with Crippen LogP contribution in [0.4, 0.5) is 0 Å². The van der Waals surface area contributed by atoms with Crippen molar-refractivity contribution in [2.45, 2.75) is 102 Å². The van der Waals surface area contributed by atoms with E-state index in [1.165, 1.54) is 11.1 Å². The zero-order valence-electron chi connectivity index (χ0n) is 19.4. The average Bonchev–Trinajstić information content (AvgIpc) is 2.70. The molecule has 0 spiro atoms. The third-order valence-electron chi connectivity index (χ3n) is 7.23. The summed E-state index contributed by atoms with van der Waals surface area (Å²) in [6.07, 6.45) is 9.78. The van der Waals surface area contributed by atoms with Gasteiger partial charge in [0.1, 0.15) is 17.0 Å². The van der Waals surface area contributed by atoms with Gasteiger partial charge in [0.15, 0.2) is 0 Å². The van der Waals surface area contributed by atoms with Crippen molar-refractivity contribution < 1.29 is 19.8 Å². The predicted molar refractivity (Wildman–Crippen MR) is 121 cm³/mol. The van der Waals surface area contributed by atoms with Crippen LogP contribution in [0.15, 0.2) is 29.8 Å². The van der Waals surface area contributed by atoms with Crippen molar-refractivity contribution in [3.63, 3.8) is 0 Å². The van der Waals surface area contributed by atoms with E-state index in [1.54, 1.807) is 0 Å². The van der Waals surface area contributed by atoms with Crippen molar-refractivity contribution in [2.24, 2.45) is 0 Å². The largest absolute Gasteiger partial charge is 0.485 e. The molecule has 0 fully saturated rings. The van der Waals surface area contributed by atoms with Gasteiger partial charge >= 0.3 is 0 Å². The number of hydrogen-bond donors (Lipinski definition) is 1. The van der Waals surface area contributed by atoms with Crippen LogP contribution in [0, 0.1) is 10.1 Å². The Morgan fingerprint density at radius 2 is 1.97 bits per heavy atom. The molecule has 0 radical (unpaired) electrons. The van der Waals surface area contributed by atoms with Gasteiger partial charge in [-0.1, -0.05) is 56.4 Å². The highest BCUT2D eigenvalue weighted by Gasteiger charge is 2.55. The molecule has 3 rings (SSSR count). The molecular weight excluding hydrogens is 394 g/mol. The van der Waals surface area contributed by atoms with Gasteiger partial charge in [0.25, 0.3) is 5.09 Å². The molecule has 1 aliphatic carbocycles. The van der Waals surface area contributed by atoms with E-state index in [1.807, 2.05) is 13.8 Å². The van der Waals surface area contributed by atoms with Gasteiger partial charge in [-0.15, -0.1) is 10.1 Å². The fraction of sp³-hybridized carbons (Fsp3) is 0.680. The fourth-order valence-corrected chi connectivity index (χ4v) is 5.06. The lowest BCUT2D eigenvalue weighted by molar-refractivity contribution is -0.757. The number of rotatable bonds is 10. The zero-order chi connectivity index (χ0) is 22.6. The van der Waals surface area contributed by atoms with Crippen LogP contribution in [0.3, 0.4) is 0 Å². The van der Waals surface area contributed by atoms with E-state index in [4.69, 9.17) is 4.74 Å². The van der Waals surface area contributed by atoms with Crippen LogP contribution in [-0.4, -0.2) is 28.0 Å². The lowest BCUT2D eigenvalue weighted by Gasteiger charge is -2.53. The minimum Gasteiger partial charge on any atom is -0.485 e. The number of benzene rings is 1. The van der Waals surface area contributed by atoms with Crippen molar-refractivity contribution >= 4 is 0 Å². The summed E-state index contributed by atoms with van der Waals surface area (Å²) in [5.74, 6) is 1.42. The molecule has 0 bridgehead atoms. The highest BCUT2D eigenvalue weighted by Crippen LogP contribution is 2.54. The highest BCUT2D eigenvalue weighted by molar-refractivity contribution is 5.47. The Morgan fingerprint density at radius 1 is 1.26 bits per heavy atom. The maximum atomic E-state index is 11.5. The fourth-order valence-electron chi connectivity index (χ4n) is 5.06. The average molecular weight is 432 g/mol. The van der Waals surface area contributed by atoms with E-state index in [9.17, 15) is 15.2 Å². The van der Waals surface area contributed by atoms with Crippen LogP contribution in [0.2, 0.25) is 0 Å². The molecule has 6 heteroatoms. The van der Waals surface area contributed by atoms with Gasteiger partial charge in [0, 0.05) is 11.5 Å². The smallest absolute Gasteiger partial charge is 0.294 e. The molecule has 3 atom stereocenters. The first-order chi connectivity index (χ1) is 14.6. The van der Waals surface area contributed by atoms with Gasteiger partial charge < -0.3 is 14.7 Å². The summed E-state index contributed by atoms with van der Waals surface area (Å²) >= 11 is 0. The van der Waals surface area contributed by atoms with Crippen molar-refractivity contribution in [1.29, 1.82) is 0 Å². The molecule has 0 saturated carbocycles. The highest BCUT2D eigenvalue weighted by atomic mass is 16.9. The van der Waals surface area contributed by atoms with Crippen molar-refractivity contribution in [1.82, 2.24) is 0 Å². The van der Waals surface area contributed by atoms with Gasteiger partial charge in [-0.25, -0.2) is 0 Å². The minimum atomic E-state index is -0.878. The third kappa shape index (κ3) is 5.22. The number of aliphatic hydroxyl groups is 1. The topological polar surface area (TPSA) is 81.8 Å². The Morgan fingerprint density at radius 3 is 2.71 bits per heavy atom. The lowest BCUT2D eigenvalue weighted by Crippen LogP contribution is -2.60. The van der Waals surface area contributed by atoms with E-state index in [0.29, 0.717) is 12.3 Å². The quantitative estimate of drug-likeness (QED) is 0.211. The number of allylic oxidation sites excluding steroid dienone is 1. The third-order valence-corrected chi connectivity index (χ3v) is 7.23. The molecule has 2 aliphatic rings. The van der Waals surface area contributed by atoms with E-state index >= 15 is 0 Å². The van der Waals surface area contributed by atoms with Crippen LogP contribution in [0.25, 0.3) is 0 Å². The van der Waals surface area contributed by atoms with Gasteiger partial charge in [-0.05, 0) is 64.0 Å². The molecule has 1 unspecified atom stereocenters. The van der Waals surface area contributed by atoms with E-state index in [2.05, 4.69) is 43.0 Å². The zero-order valence-corrected chi connectivity index (χ0v) is 19.4. The second-order valence-electron chi connectivity index (χ2n) is 9.86. The Bertz CT molecular complexity index is 818. The number of fused-ring (bicyclic) bond motifs is 3. The van der Waals surface area contributed by atoms with E-state index in [-0.39, 0.29) is 12.5 Å². The Hall–Kier alpha value is -2.08. The standard InChI is InChI=1S/C25H37NO5/c1-18-13-14-25(27)22(16-18)21-12-11-20(17-23(21)31-24(25,3)4)19(2)10-8-6-5-7-9-15-30-26(28)29/h11-13,17,19,22,27H,5-10,14-16H2,1-4H3/t19?,22-,25-/m1/s1. The van der Waals surface area contributed by atoms with Crippen LogP contribution in [0.5, 0.6) is 5.75 Å². The number of ether oxygens (including phenoxy) is 1. The van der Waals surface area contributed by atoms with E-state index < -0.39 is 16.3 Å². The normalized spacial score (nSPS) is 24.9. The lowest BCUT2D eigenvalue weighted by atomic mass is 9.63. The molecule has 1 N–H and O–H groups in total. The summed E-state index contributed by atoms with van der Waals surface area (Å²) in [6, 6.07) is 6.55. The van der Waals surface area contributed by atoms with Crippen LogP contribution in [-0.2, 0) is 4.84 Å². The first kappa shape index (κ1) is 23.6. The molecule has 0 saturated heterocycles. The Balaban J connectivity index is 1.57. The van der Waals surface area contributed by atoms with Gasteiger partial charge in [0.05, 0.1) is 6.61 Å². The molecule has 1 aromatic rings. The van der Waals surface area contributed by atoms with Gasteiger partial charge in [-0.2, -0.15) is 0 Å². The summed E-state index contributed by atoms with van der Waals surface area (Å²) in [6.45, 7) is 8.60. The maximum Gasteiger partial charge on any atom is 0.294 e. The molecule has 6 nitrogen and oxygen atoms in total. The Labute approximate surface area is 185 Å². The second-order valence-corrected chi connectivity index (χ2v) is 9.86. The van der Waals surface area contributed by atoms with Crippen molar-refractivity contribution in [2.75, 3.05) is 6.61 Å². The Kier molecular flexibility index (Phi) is 7.30. The molecule has 1 aromatic carbocycles. The molecule has 31 heavy (non-hydrogen) atoms. The summed E-state index contributed by atoms with van der Waals surface area (Å²) in [5, 5.41) is 20.9. The first-order valence-electron chi connectivity index (χ1n) is 11.6. The molecule has 1 heterocycles. The SMILES string of the molecule is CC1=CC[C@@]2(O)[C@H](C1)c1ccc(C(C)CCCCCCCO[N+](=O)[O-])cc1OC2(C)C. The number of nitrogens with zero attached hydrogens (tertiary/aromatic N) is 1. The van der Waals surface area contributed by atoms with Crippen LogP contribution in [0.1, 0.15) is 102 Å². The van der Waals surface area contributed by atoms with Gasteiger partial charge in [0.2, 0.25) is 0 Å². The number of hydrogen-bond acceptors (Lipinski definition) is 5. The molecule has 1 aliphatic heterocycles. The monoisotopic (exact) mass is 431 g/mol. The summed E-state index contributed by atoms with van der Waals surface area (Å²) in [5.41, 5.74) is 2.23. The molecule has 0 amide bonds.